The molecule has 2 heterocycles. The summed E-state index contributed by atoms with van der Waals surface area (Å²) in [5, 5.41) is 14.9. The second-order valence-corrected chi connectivity index (χ2v) is 8.36. The van der Waals surface area contributed by atoms with Gasteiger partial charge < -0.3 is 10.2 Å². The third kappa shape index (κ3) is 3.70. The van der Waals surface area contributed by atoms with Crippen LogP contribution in [-0.4, -0.2) is 41.9 Å². The SMILES string of the molecule is Cc1ccc(Sc2ccc(C(=O)N3C[C@H]4CNC[C@H]4C3)cc2[N+](=O)[O-])cc1. The summed E-state index contributed by atoms with van der Waals surface area (Å²) in [6, 6.07) is 12.7. The van der Waals surface area contributed by atoms with Crippen LogP contribution in [0.5, 0.6) is 0 Å². The average molecular weight is 383 g/mol. The molecule has 0 unspecified atom stereocenters. The summed E-state index contributed by atoms with van der Waals surface area (Å²) in [6.45, 7) is 5.34. The third-order valence-electron chi connectivity index (χ3n) is 5.33. The maximum Gasteiger partial charge on any atom is 0.284 e. The first-order chi connectivity index (χ1) is 13.0. The minimum Gasteiger partial charge on any atom is -0.338 e. The molecular formula is C20H21N3O3S. The summed E-state index contributed by atoms with van der Waals surface area (Å²) in [7, 11) is 0. The van der Waals surface area contributed by atoms with Gasteiger partial charge in [0.05, 0.1) is 9.82 Å². The number of carbonyl (C=O) groups is 1. The number of carbonyl (C=O) groups excluding carboxylic acids is 1. The van der Waals surface area contributed by atoms with Gasteiger partial charge in [-0.1, -0.05) is 29.5 Å². The van der Waals surface area contributed by atoms with Gasteiger partial charge in [0.2, 0.25) is 0 Å². The lowest BCUT2D eigenvalue weighted by atomic mass is 10.0. The summed E-state index contributed by atoms with van der Waals surface area (Å²) in [5.74, 6) is 0.889. The van der Waals surface area contributed by atoms with E-state index in [0.717, 1.165) is 36.6 Å². The Labute approximate surface area is 162 Å². The second kappa shape index (κ2) is 7.32. The number of nitrogens with one attached hydrogen (secondary N) is 1. The Hall–Kier alpha value is -2.38. The van der Waals surface area contributed by atoms with Crippen LogP contribution in [-0.2, 0) is 0 Å². The van der Waals surface area contributed by atoms with Crippen LogP contribution in [0.3, 0.4) is 0 Å². The van der Waals surface area contributed by atoms with Gasteiger partial charge in [0.1, 0.15) is 0 Å². The Morgan fingerprint density at radius 3 is 2.44 bits per heavy atom. The molecule has 27 heavy (non-hydrogen) atoms. The lowest BCUT2D eigenvalue weighted by Gasteiger charge is -2.17. The highest BCUT2D eigenvalue weighted by Gasteiger charge is 2.38. The van der Waals surface area contributed by atoms with Crippen LogP contribution in [0.2, 0.25) is 0 Å². The number of aryl methyl sites for hydroxylation is 1. The summed E-state index contributed by atoms with van der Waals surface area (Å²) < 4.78 is 0. The molecule has 2 aliphatic heterocycles. The van der Waals surface area contributed by atoms with Gasteiger partial charge in [-0.05, 0) is 43.0 Å². The Kier molecular flexibility index (Phi) is 4.88. The van der Waals surface area contributed by atoms with E-state index in [0.29, 0.717) is 22.3 Å². The summed E-state index contributed by atoms with van der Waals surface area (Å²) in [5.41, 5.74) is 1.51. The molecule has 1 N–H and O–H groups in total. The molecule has 2 aliphatic rings. The van der Waals surface area contributed by atoms with E-state index >= 15 is 0 Å². The van der Waals surface area contributed by atoms with E-state index < -0.39 is 4.92 Å². The molecule has 7 heteroatoms. The highest BCUT2D eigenvalue weighted by atomic mass is 32.2. The highest BCUT2D eigenvalue weighted by Crippen LogP contribution is 2.36. The Morgan fingerprint density at radius 1 is 1.15 bits per heavy atom. The van der Waals surface area contributed by atoms with Gasteiger partial charge >= 0.3 is 0 Å². The van der Waals surface area contributed by atoms with Gasteiger partial charge in [-0.25, -0.2) is 0 Å². The predicted molar refractivity (Wildman–Crippen MR) is 104 cm³/mol. The van der Waals surface area contributed by atoms with Gasteiger partial charge in [0.15, 0.2) is 0 Å². The van der Waals surface area contributed by atoms with Crippen molar-refractivity contribution in [1.82, 2.24) is 10.2 Å². The Morgan fingerprint density at radius 2 is 1.81 bits per heavy atom. The van der Waals surface area contributed by atoms with Gasteiger partial charge in [-0.3, -0.25) is 14.9 Å². The molecule has 2 aromatic rings. The average Bonchev–Trinajstić information content (AvgIpc) is 3.25. The maximum atomic E-state index is 12.8. The van der Waals surface area contributed by atoms with Crippen molar-refractivity contribution in [1.29, 1.82) is 0 Å². The number of amides is 1. The third-order valence-corrected chi connectivity index (χ3v) is 6.40. The minimum absolute atomic E-state index is 0.0208. The van der Waals surface area contributed by atoms with E-state index in [1.807, 2.05) is 36.1 Å². The second-order valence-electron chi connectivity index (χ2n) is 7.24. The van der Waals surface area contributed by atoms with Crippen molar-refractivity contribution in [2.45, 2.75) is 16.7 Å². The first kappa shape index (κ1) is 18.0. The smallest absolute Gasteiger partial charge is 0.284 e. The number of fused-ring (bicyclic) bond motifs is 1. The number of rotatable bonds is 4. The summed E-state index contributed by atoms with van der Waals surface area (Å²) >= 11 is 1.34. The monoisotopic (exact) mass is 383 g/mol. The predicted octanol–water partition coefficient (Wildman–Crippen LogP) is 3.35. The van der Waals surface area contributed by atoms with Crippen molar-refractivity contribution in [3.8, 4) is 0 Å². The topological polar surface area (TPSA) is 75.5 Å². The quantitative estimate of drug-likeness (QED) is 0.647. The van der Waals surface area contributed by atoms with Crippen LogP contribution in [0.4, 0.5) is 5.69 Å². The van der Waals surface area contributed by atoms with Crippen LogP contribution in [0, 0.1) is 28.9 Å². The molecule has 0 spiro atoms. The fourth-order valence-corrected chi connectivity index (χ4v) is 4.72. The lowest BCUT2D eigenvalue weighted by molar-refractivity contribution is -0.387. The first-order valence-electron chi connectivity index (χ1n) is 9.04. The molecule has 2 fully saturated rings. The number of hydrogen-bond acceptors (Lipinski definition) is 5. The molecule has 0 aromatic heterocycles. The van der Waals surface area contributed by atoms with Crippen LogP contribution < -0.4 is 5.32 Å². The molecule has 1 amide bonds. The number of likely N-dealkylation sites (tertiary alicyclic amines) is 1. The van der Waals surface area contributed by atoms with Gasteiger partial charge in [-0.2, -0.15) is 0 Å². The molecule has 0 bridgehead atoms. The van der Waals surface area contributed by atoms with E-state index in [2.05, 4.69) is 5.32 Å². The molecule has 140 valence electrons. The summed E-state index contributed by atoms with van der Waals surface area (Å²) in [4.78, 5) is 27.3. The number of benzene rings is 2. The van der Waals surface area contributed by atoms with E-state index in [1.165, 1.54) is 17.8 Å². The van der Waals surface area contributed by atoms with E-state index in [9.17, 15) is 14.9 Å². The van der Waals surface area contributed by atoms with Crippen molar-refractivity contribution >= 4 is 23.4 Å². The van der Waals surface area contributed by atoms with Crippen LogP contribution in [0.1, 0.15) is 15.9 Å². The molecule has 0 radical (unpaired) electrons. The van der Waals surface area contributed by atoms with Crippen LogP contribution in [0.15, 0.2) is 52.3 Å². The molecule has 4 rings (SSSR count). The first-order valence-corrected chi connectivity index (χ1v) is 9.86. The van der Waals surface area contributed by atoms with Gasteiger partial charge in [-0.15, -0.1) is 0 Å². The number of nitro groups is 1. The van der Waals surface area contributed by atoms with Crippen LogP contribution >= 0.6 is 11.8 Å². The van der Waals surface area contributed by atoms with E-state index in [1.54, 1.807) is 12.1 Å². The Balaban J connectivity index is 1.56. The van der Waals surface area contributed by atoms with Crippen molar-refractivity contribution in [3.05, 3.63) is 63.7 Å². The minimum atomic E-state index is -0.407. The molecule has 2 atom stereocenters. The largest absolute Gasteiger partial charge is 0.338 e. The van der Waals surface area contributed by atoms with Crippen molar-refractivity contribution in [3.63, 3.8) is 0 Å². The lowest BCUT2D eigenvalue weighted by Crippen LogP contribution is -2.31. The highest BCUT2D eigenvalue weighted by molar-refractivity contribution is 7.99. The molecular weight excluding hydrogens is 362 g/mol. The molecule has 0 aliphatic carbocycles. The molecule has 6 nitrogen and oxygen atoms in total. The molecule has 2 aromatic carbocycles. The number of nitrogens with zero attached hydrogens (tertiary/aromatic N) is 2. The van der Waals surface area contributed by atoms with E-state index in [4.69, 9.17) is 0 Å². The van der Waals surface area contributed by atoms with Crippen molar-refractivity contribution in [2.24, 2.45) is 11.8 Å². The van der Waals surface area contributed by atoms with Crippen molar-refractivity contribution < 1.29 is 9.72 Å². The molecule has 2 saturated heterocycles. The van der Waals surface area contributed by atoms with Crippen LogP contribution in [0.25, 0.3) is 0 Å². The number of hydrogen-bond donors (Lipinski definition) is 1. The standard InChI is InChI=1S/C20H21N3O3S/c1-13-2-5-17(6-3-13)27-19-7-4-14(8-18(19)23(25)26)20(24)22-11-15-9-21-10-16(15)12-22/h2-8,15-16,21H,9-12H2,1H3/t15-,16+. The number of nitro benzene ring substituents is 1. The van der Waals surface area contributed by atoms with Gasteiger partial charge in [0.25, 0.3) is 11.6 Å². The zero-order valence-electron chi connectivity index (χ0n) is 15.1. The van der Waals surface area contributed by atoms with Crippen molar-refractivity contribution in [2.75, 3.05) is 26.2 Å². The molecule has 0 saturated carbocycles. The fourth-order valence-electron chi connectivity index (χ4n) is 3.82. The summed E-state index contributed by atoms with van der Waals surface area (Å²) in [6.07, 6.45) is 0. The van der Waals surface area contributed by atoms with Gasteiger partial charge in [0, 0.05) is 42.7 Å². The zero-order chi connectivity index (χ0) is 19.0. The fraction of sp³-hybridized carbons (Fsp3) is 0.350. The van der Waals surface area contributed by atoms with E-state index in [-0.39, 0.29) is 11.6 Å². The maximum absolute atomic E-state index is 12.8. The normalized spacial score (nSPS) is 21.3. The zero-order valence-corrected chi connectivity index (χ0v) is 15.9. The Bertz CT molecular complexity index is 873.